The summed E-state index contributed by atoms with van der Waals surface area (Å²) in [4.78, 5) is 36.0. The van der Waals surface area contributed by atoms with Crippen LogP contribution >= 0.6 is 0 Å². The summed E-state index contributed by atoms with van der Waals surface area (Å²) >= 11 is 0. The molecular weight excluding hydrogens is 444 g/mol. The van der Waals surface area contributed by atoms with Crippen molar-refractivity contribution in [3.8, 4) is 11.1 Å². The number of amides is 2. The van der Waals surface area contributed by atoms with Gasteiger partial charge in [-0.15, -0.1) is 0 Å². The van der Waals surface area contributed by atoms with Crippen molar-refractivity contribution in [2.45, 2.75) is 57.4 Å². The van der Waals surface area contributed by atoms with Crippen molar-refractivity contribution in [1.82, 2.24) is 10.6 Å². The van der Waals surface area contributed by atoms with Gasteiger partial charge in [-0.1, -0.05) is 68.3 Å². The van der Waals surface area contributed by atoms with Crippen LogP contribution in [0.25, 0.3) is 11.1 Å². The minimum atomic E-state index is -0.822. The molecule has 1 fully saturated rings. The van der Waals surface area contributed by atoms with Gasteiger partial charge >= 0.3 is 12.1 Å². The van der Waals surface area contributed by atoms with E-state index < -0.39 is 12.1 Å². The molecule has 0 radical (unpaired) electrons. The molecule has 3 N–H and O–H groups in total. The Morgan fingerprint density at radius 3 is 2.29 bits per heavy atom. The van der Waals surface area contributed by atoms with Gasteiger partial charge in [-0.25, -0.2) is 4.79 Å². The summed E-state index contributed by atoms with van der Waals surface area (Å²) in [6.45, 7) is 2.48. The first-order valence-corrected chi connectivity index (χ1v) is 12.5. The minimum Gasteiger partial charge on any atom is -0.481 e. The maximum atomic E-state index is 12.5. The second-order valence-electron chi connectivity index (χ2n) is 9.83. The molecule has 0 spiro atoms. The third-order valence-electron chi connectivity index (χ3n) is 7.16. The van der Waals surface area contributed by atoms with Crippen molar-refractivity contribution in [1.29, 1.82) is 0 Å². The van der Waals surface area contributed by atoms with Gasteiger partial charge < -0.3 is 20.5 Å². The average Bonchev–Trinajstić information content (AvgIpc) is 3.16. The molecule has 0 aromatic heterocycles. The molecule has 2 aromatic carbocycles. The third kappa shape index (κ3) is 6.21. The summed E-state index contributed by atoms with van der Waals surface area (Å²) in [5.41, 5.74) is 4.69. The van der Waals surface area contributed by atoms with E-state index >= 15 is 0 Å². The topological polar surface area (TPSA) is 105 Å². The Balaban J connectivity index is 1.22. The Morgan fingerprint density at radius 2 is 1.63 bits per heavy atom. The Morgan fingerprint density at radius 1 is 1.00 bits per heavy atom. The minimum absolute atomic E-state index is 0.00518. The summed E-state index contributed by atoms with van der Waals surface area (Å²) in [7, 11) is 0. The van der Waals surface area contributed by atoms with E-state index in [0.29, 0.717) is 6.54 Å². The molecule has 2 aliphatic rings. The number of ether oxygens (including phenoxy) is 1. The quantitative estimate of drug-likeness (QED) is 0.485. The molecule has 1 saturated carbocycles. The van der Waals surface area contributed by atoms with E-state index in [4.69, 9.17) is 9.84 Å². The van der Waals surface area contributed by atoms with Crippen LogP contribution in [0.5, 0.6) is 0 Å². The monoisotopic (exact) mass is 478 g/mol. The van der Waals surface area contributed by atoms with E-state index in [2.05, 4.69) is 34.9 Å². The standard InChI is InChI=1S/C28H34N2O5/c1-18(14-26(31)30-25-13-7-2-8-19(25)15-27(32)33)16-29-28(34)35-17-24-22-11-5-3-9-20(22)21-10-4-6-12-23(21)24/h3-6,9-12,18-19,24-25H,2,7-8,13-17H2,1H3,(H,29,34)(H,30,31)(H,32,33). The fourth-order valence-corrected chi connectivity index (χ4v) is 5.43. The van der Waals surface area contributed by atoms with Crippen LogP contribution in [0.4, 0.5) is 4.79 Å². The first-order chi connectivity index (χ1) is 16.9. The SMILES string of the molecule is CC(CNC(=O)OCC1c2ccccc2-c2ccccc21)CC(=O)NC1CCCCC1CC(=O)O. The van der Waals surface area contributed by atoms with E-state index in [1.54, 1.807) is 0 Å². The highest BCUT2D eigenvalue weighted by Gasteiger charge is 2.30. The molecule has 186 valence electrons. The van der Waals surface area contributed by atoms with Crippen molar-refractivity contribution in [2.24, 2.45) is 11.8 Å². The molecule has 3 unspecified atom stereocenters. The van der Waals surface area contributed by atoms with E-state index in [1.807, 2.05) is 31.2 Å². The maximum Gasteiger partial charge on any atom is 0.407 e. The summed E-state index contributed by atoms with van der Waals surface area (Å²) in [5.74, 6) is -1.01. The lowest BCUT2D eigenvalue weighted by Gasteiger charge is -2.31. The Hall–Kier alpha value is -3.35. The molecule has 7 heteroatoms. The second-order valence-corrected chi connectivity index (χ2v) is 9.83. The zero-order valence-electron chi connectivity index (χ0n) is 20.2. The van der Waals surface area contributed by atoms with Crippen molar-refractivity contribution >= 4 is 18.0 Å². The maximum absolute atomic E-state index is 12.5. The van der Waals surface area contributed by atoms with Crippen LogP contribution in [-0.2, 0) is 14.3 Å². The van der Waals surface area contributed by atoms with E-state index in [9.17, 15) is 14.4 Å². The number of rotatable bonds is 9. The Labute approximate surface area is 206 Å². The number of carboxylic acid groups (broad SMARTS) is 1. The smallest absolute Gasteiger partial charge is 0.407 e. The molecule has 0 bridgehead atoms. The van der Waals surface area contributed by atoms with Gasteiger partial charge in [0.15, 0.2) is 0 Å². The number of carbonyl (C=O) groups excluding carboxylic acids is 2. The fraction of sp³-hybridized carbons (Fsp3) is 0.464. The number of hydrogen-bond donors (Lipinski definition) is 3. The largest absolute Gasteiger partial charge is 0.481 e. The number of hydrogen-bond acceptors (Lipinski definition) is 4. The molecule has 4 rings (SSSR count). The summed E-state index contributed by atoms with van der Waals surface area (Å²) in [6, 6.07) is 16.3. The highest BCUT2D eigenvalue weighted by Crippen LogP contribution is 2.44. The van der Waals surface area contributed by atoms with Gasteiger partial charge in [0.05, 0.1) is 6.42 Å². The lowest BCUT2D eigenvalue weighted by Crippen LogP contribution is -2.43. The van der Waals surface area contributed by atoms with Gasteiger partial charge in [-0.2, -0.15) is 0 Å². The lowest BCUT2D eigenvalue weighted by atomic mass is 9.82. The number of alkyl carbamates (subject to hydrolysis) is 1. The van der Waals surface area contributed by atoms with Gasteiger partial charge in [0.25, 0.3) is 0 Å². The first kappa shape index (κ1) is 24.8. The molecule has 2 amide bonds. The van der Waals surface area contributed by atoms with Crippen LogP contribution in [0.1, 0.15) is 62.5 Å². The predicted molar refractivity (Wildman–Crippen MR) is 133 cm³/mol. The number of carbonyl (C=O) groups is 3. The highest BCUT2D eigenvalue weighted by atomic mass is 16.5. The number of aliphatic carboxylic acids is 1. The van der Waals surface area contributed by atoms with Crippen molar-refractivity contribution in [3.63, 3.8) is 0 Å². The zero-order chi connectivity index (χ0) is 24.8. The normalized spacial score (nSPS) is 19.8. The summed E-state index contributed by atoms with van der Waals surface area (Å²) in [5, 5.41) is 14.9. The molecular formula is C28H34N2O5. The first-order valence-electron chi connectivity index (χ1n) is 12.5. The van der Waals surface area contributed by atoms with Crippen LogP contribution in [0.3, 0.4) is 0 Å². The highest BCUT2D eigenvalue weighted by molar-refractivity contribution is 5.79. The third-order valence-corrected chi connectivity index (χ3v) is 7.16. The molecule has 2 aliphatic carbocycles. The van der Waals surface area contributed by atoms with Gasteiger partial charge in [0.2, 0.25) is 5.91 Å². The van der Waals surface area contributed by atoms with Crippen molar-refractivity contribution < 1.29 is 24.2 Å². The van der Waals surface area contributed by atoms with Crippen LogP contribution in [0, 0.1) is 11.8 Å². The van der Waals surface area contributed by atoms with Crippen LogP contribution in [0.15, 0.2) is 48.5 Å². The molecule has 3 atom stereocenters. The Kier molecular flexibility index (Phi) is 8.06. The van der Waals surface area contributed by atoms with Gasteiger partial charge in [0.1, 0.15) is 6.61 Å². The van der Waals surface area contributed by atoms with E-state index in [-0.39, 0.29) is 49.2 Å². The number of benzene rings is 2. The van der Waals surface area contributed by atoms with Crippen LogP contribution < -0.4 is 10.6 Å². The van der Waals surface area contributed by atoms with Crippen LogP contribution in [-0.4, -0.2) is 42.3 Å². The summed E-state index contributed by atoms with van der Waals surface area (Å²) in [6.07, 6.45) is 3.51. The zero-order valence-corrected chi connectivity index (χ0v) is 20.2. The predicted octanol–water partition coefficient (Wildman–Crippen LogP) is 4.70. The van der Waals surface area contributed by atoms with Crippen LogP contribution in [0.2, 0.25) is 0 Å². The van der Waals surface area contributed by atoms with Crippen molar-refractivity contribution in [2.75, 3.05) is 13.2 Å². The number of carboxylic acids is 1. The number of fused-ring (bicyclic) bond motifs is 3. The fourth-order valence-electron chi connectivity index (χ4n) is 5.43. The van der Waals surface area contributed by atoms with Crippen molar-refractivity contribution in [3.05, 3.63) is 59.7 Å². The molecule has 0 saturated heterocycles. The average molecular weight is 479 g/mol. The molecule has 2 aromatic rings. The van der Waals surface area contributed by atoms with Gasteiger partial charge in [0, 0.05) is 24.9 Å². The van der Waals surface area contributed by atoms with Gasteiger partial charge in [-0.3, -0.25) is 9.59 Å². The molecule has 0 aliphatic heterocycles. The molecule has 0 heterocycles. The van der Waals surface area contributed by atoms with E-state index in [0.717, 1.165) is 36.8 Å². The van der Waals surface area contributed by atoms with Gasteiger partial charge in [-0.05, 0) is 46.9 Å². The number of nitrogens with one attached hydrogen (secondary N) is 2. The second kappa shape index (κ2) is 11.4. The van der Waals surface area contributed by atoms with E-state index in [1.165, 1.54) is 11.1 Å². The lowest BCUT2D eigenvalue weighted by molar-refractivity contribution is -0.139. The Bertz CT molecular complexity index is 1020. The molecule has 35 heavy (non-hydrogen) atoms. The summed E-state index contributed by atoms with van der Waals surface area (Å²) < 4.78 is 5.56. The molecule has 7 nitrogen and oxygen atoms in total.